The number of pyridine rings is 1. The number of piperidine rings is 1. The van der Waals surface area contributed by atoms with Gasteiger partial charge in [0.05, 0.1) is 5.92 Å². The van der Waals surface area contributed by atoms with Crippen LogP contribution in [-0.4, -0.2) is 47.5 Å². The molecule has 6 nitrogen and oxygen atoms in total. The van der Waals surface area contributed by atoms with Gasteiger partial charge in [-0.15, -0.1) is 0 Å². The third-order valence-electron chi connectivity index (χ3n) is 7.09. The van der Waals surface area contributed by atoms with Gasteiger partial charge in [-0.05, 0) is 30.0 Å². The Morgan fingerprint density at radius 3 is 2.56 bits per heavy atom. The van der Waals surface area contributed by atoms with E-state index >= 15 is 0 Å². The quantitative estimate of drug-likeness (QED) is 0.688. The lowest BCUT2D eigenvalue weighted by atomic mass is 9.83. The SMILES string of the molecule is CN(C(=O)[C@H]1CCC(=O)NC1)[C@@H](c1ccc(N[C@H]2Cc3ccccc3C2(C)C)nc1)C(F)(F)F. The van der Waals surface area contributed by atoms with Crippen molar-refractivity contribution in [2.24, 2.45) is 5.92 Å². The second-order valence-corrected chi connectivity index (χ2v) is 9.69. The van der Waals surface area contributed by atoms with E-state index in [4.69, 9.17) is 0 Å². The summed E-state index contributed by atoms with van der Waals surface area (Å²) in [6.07, 6.45) is -2.33. The Morgan fingerprint density at radius 2 is 1.97 bits per heavy atom. The van der Waals surface area contributed by atoms with Crippen LogP contribution in [0.2, 0.25) is 0 Å². The summed E-state index contributed by atoms with van der Waals surface area (Å²) in [7, 11) is 1.15. The number of fused-ring (bicyclic) bond motifs is 1. The first-order chi connectivity index (χ1) is 16.0. The highest BCUT2D eigenvalue weighted by Crippen LogP contribution is 2.41. The van der Waals surface area contributed by atoms with Gasteiger partial charge < -0.3 is 15.5 Å². The van der Waals surface area contributed by atoms with Crippen LogP contribution in [0.1, 0.15) is 49.4 Å². The van der Waals surface area contributed by atoms with E-state index in [0.717, 1.165) is 18.4 Å². The lowest BCUT2D eigenvalue weighted by molar-refractivity contribution is -0.190. The first-order valence-electron chi connectivity index (χ1n) is 11.4. The molecule has 2 amide bonds. The Kier molecular flexibility index (Phi) is 6.31. The third kappa shape index (κ3) is 4.60. The van der Waals surface area contributed by atoms with E-state index in [2.05, 4.69) is 41.6 Å². The zero-order valence-electron chi connectivity index (χ0n) is 19.4. The van der Waals surface area contributed by atoms with Crippen LogP contribution in [0, 0.1) is 5.92 Å². The Bertz CT molecular complexity index is 1060. The van der Waals surface area contributed by atoms with Crippen LogP contribution in [0.15, 0.2) is 42.6 Å². The Labute approximate surface area is 196 Å². The number of hydrogen-bond donors (Lipinski definition) is 2. The fourth-order valence-electron chi connectivity index (χ4n) is 5.04. The number of benzene rings is 1. The summed E-state index contributed by atoms with van der Waals surface area (Å²) in [5, 5.41) is 5.93. The molecule has 9 heteroatoms. The minimum Gasteiger partial charge on any atom is -0.366 e. The van der Waals surface area contributed by atoms with Gasteiger partial charge in [0.15, 0.2) is 6.04 Å². The average molecular weight is 475 g/mol. The first-order valence-corrected chi connectivity index (χ1v) is 11.4. The van der Waals surface area contributed by atoms with Crippen molar-refractivity contribution in [3.05, 3.63) is 59.3 Å². The predicted octanol–water partition coefficient (Wildman–Crippen LogP) is 3.98. The molecule has 2 heterocycles. The summed E-state index contributed by atoms with van der Waals surface area (Å²) in [5.74, 6) is -1.03. The van der Waals surface area contributed by atoms with Crippen molar-refractivity contribution in [2.75, 3.05) is 18.9 Å². The average Bonchev–Trinajstić information content (AvgIpc) is 3.04. The molecule has 0 unspecified atom stereocenters. The molecule has 2 N–H and O–H groups in total. The van der Waals surface area contributed by atoms with Crippen molar-refractivity contribution in [3.8, 4) is 0 Å². The number of nitrogens with one attached hydrogen (secondary N) is 2. The van der Waals surface area contributed by atoms with Crippen molar-refractivity contribution < 1.29 is 22.8 Å². The maximum absolute atomic E-state index is 14.0. The first kappa shape index (κ1) is 24.0. The zero-order chi connectivity index (χ0) is 24.7. The van der Waals surface area contributed by atoms with Crippen molar-refractivity contribution in [1.82, 2.24) is 15.2 Å². The van der Waals surface area contributed by atoms with E-state index in [1.54, 1.807) is 0 Å². The van der Waals surface area contributed by atoms with Gasteiger partial charge in [-0.3, -0.25) is 9.59 Å². The molecule has 1 saturated heterocycles. The maximum atomic E-state index is 14.0. The second-order valence-electron chi connectivity index (χ2n) is 9.69. The lowest BCUT2D eigenvalue weighted by Gasteiger charge is -2.34. The number of carbonyl (C=O) groups excluding carboxylic acids is 2. The second kappa shape index (κ2) is 8.92. The van der Waals surface area contributed by atoms with Gasteiger partial charge in [-0.25, -0.2) is 4.98 Å². The fourth-order valence-corrected chi connectivity index (χ4v) is 5.04. The molecular formula is C25H29F3N4O2. The number of amides is 2. The van der Waals surface area contributed by atoms with E-state index in [0.29, 0.717) is 5.82 Å². The fraction of sp³-hybridized carbons (Fsp3) is 0.480. The molecule has 1 aromatic heterocycles. The number of nitrogens with zero attached hydrogens (tertiary/aromatic N) is 2. The van der Waals surface area contributed by atoms with Crippen LogP contribution >= 0.6 is 0 Å². The summed E-state index contributed by atoms with van der Waals surface area (Å²) in [4.78, 5) is 29.1. The van der Waals surface area contributed by atoms with Gasteiger partial charge >= 0.3 is 6.18 Å². The van der Waals surface area contributed by atoms with Crippen LogP contribution in [0.5, 0.6) is 0 Å². The van der Waals surface area contributed by atoms with Gasteiger partial charge in [0, 0.05) is 43.2 Å². The van der Waals surface area contributed by atoms with Gasteiger partial charge in [0.2, 0.25) is 11.8 Å². The summed E-state index contributed by atoms with van der Waals surface area (Å²) in [5.41, 5.74) is 2.23. The molecule has 4 rings (SSSR count). The number of alkyl halides is 3. The molecule has 2 aromatic rings. The minimum absolute atomic E-state index is 0.0485. The Morgan fingerprint density at radius 1 is 1.24 bits per heavy atom. The highest BCUT2D eigenvalue weighted by Gasteiger charge is 2.47. The largest absolute Gasteiger partial charge is 0.413 e. The molecule has 3 atom stereocenters. The Hall–Kier alpha value is -3.10. The van der Waals surface area contributed by atoms with E-state index in [1.807, 2.05) is 12.1 Å². The van der Waals surface area contributed by atoms with E-state index in [1.165, 1.54) is 29.5 Å². The highest BCUT2D eigenvalue weighted by atomic mass is 19.4. The molecule has 0 radical (unpaired) electrons. The summed E-state index contributed by atoms with van der Waals surface area (Å²) >= 11 is 0. The predicted molar refractivity (Wildman–Crippen MR) is 122 cm³/mol. The molecule has 1 fully saturated rings. The monoisotopic (exact) mass is 474 g/mol. The van der Waals surface area contributed by atoms with E-state index < -0.39 is 24.0 Å². The standard InChI is InChI=1S/C25H29F3N4O2/c1-24(2)18-7-5-4-6-15(18)12-19(24)31-20-10-8-16(13-29-20)22(25(26,27)28)32(3)23(34)17-9-11-21(33)30-14-17/h4-8,10,13,17,19,22H,9,11-12,14H2,1-3H3,(H,29,31)(H,30,33)/t17-,19-,22-/m0/s1. The molecule has 0 saturated carbocycles. The van der Waals surface area contributed by atoms with Crippen molar-refractivity contribution >= 4 is 17.6 Å². The zero-order valence-corrected chi connectivity index (χ0v) is 19.4. The normalized spacial score (nSPS) is 22.5. The molecule has 0 spiro atoms. The maximum Gasteiger partial charge on any atom is 0.413 e. The highest BCUT2D eigenvalue weighted by molar-refractivity contribution is 5.84. The van der Waals surface area contributed by atoms with Crippen molar-refractivity contribution in [1.29, 1.82) is 0 Å². The number of hydrogen-bond acceptors (Lipinski definition) is 4. The van der Waals surface area contributed by atoms with Crippen molar-refractivity contribution in [3.63, 3.8) is 0 Å². The van der Waals surface area contributed by atoms with E-state index in [9.17, 15) is 22.8 Å². The molecule has 34 heavy (non-hydrogen) atoms. The van der Waals surface area contributed by atoms with Crippen LogP contribution in [0.4, 0.5) is 19.0 Å². The number of halogens is 3. The molecule has 2 aliphatic rings. The number of aromatic nitrogens is 1. The molecule has 182 valence electrons. The number of carbonyl (C=O) groups is 2. The topological polar surface area (TPSA) is 74.3 Å². The van der Waals surface area contributed by atoms with Crippen LogP contribution < -0.4 is 10.6 Å². The Balaban J connectivity index is 1.50. The lowest BCUT2D eigenvalue weighted by Crippen LogP contribution is -2.47. The molecule has 1 aliphatic heterocycles. The minimum atomic E-state index is -4.67. The molecule has 0 bridgehead atoms. The van der Waals surface area contributed by atoms with Crippen LogP contribution in [-0.2, 0) is 21.4 Å². The van der Waals surface area contributed by atoms with Crippen LogP contribution in [0.3, 0.4) is 0 Å². The van der Waals surface area contributed by atoms with Crippen LogP contribution in [0.25, 0.3) is 0 Å². The molecule has 1 aliphatic carbocycles. The summed E-state index contributed by atoms with van der Waals surface area (Å²) < 4.78 is 42.1. The van der Waals surface area contributed by atoms with Gasteiger partial charge in [-0.2, -0.15) is 13.2 Å². The molecule has 1 aromatic carbocycles. The number of anilines is 1. The van der Waals surface area contributed by atoms with Gasteiger partial charge in [-0.1, -0.05) is 44.2 Å². The van der Waals surface area contributed by atoms with Gasteiger partial charge in [0.25, 0.3) is 0 Å². The number of rotatable bonds is 5. The summed E-state index contributed by atoms with van der Waals surface area (Å²) in [6.45, 7) is 4.32. The molecular weight excluding hydrogens is 445 g/mol. The van der Waals surface area contributed by atoms with Crippen molar-refractivity contribution in [2.45, 2.75) is 56.8 Å². The van der Waals surface area contributed by atoms with Gasteiger partial charge in [0.1, 0.15) is 5.82 Å². The smallest absolute Gasteiger partial charge is 0.366 e. The summed E-state index contributed by atoms with van der Waals surface area (Å²) in [6, 6.07) is 9.03. The van der Waals surface area contributed by atoms with E-state index in [-0.39, 0.29) is 42.3 Å². The third-order valence-corrected chi connectivity index (χ3v) is 7.09.